The Morgan fingerprint density at radius 3 is 3.17 bits per heavy atom. The number of hydrogen-bond donors (Lipinski definition) is 2. The van der Waals surface area contributed by atoms with Gasteiger partial charge in [0.15, 0.2) is 0 Å². The summed E-state index contributed by atoms with van der Waals surface area (Å²) in [6.45, 7) is 2.87. The second kappa shape index (κ2) is 4.26. The van der Waals surface area contributed by atoms with Gasteiger partial charge in [-0.05, 0) is 25.8 Å². The normalized spacial score (nSPS) is 27.4. The van der Waals surface area contributed by atoms with Crippen LogP contribution < -0.4 is 5.32 Å². The molecule has 68 valence electrons. The molecule has 1 rings (SSSR count). The number of carboxylic acid groups (broad SMARTS) is 1. The van der Waals surface area contributed by atoms with Crippen LogP contribution in [0, 0.1) is 0 Å². The maximum atomic E-state index is 10.6. The number of aliphatic carboxylic acids is 1. The Hall–Kier alpha value is -0.830. The van der Waals surface area contributed by atoms with Crippen molar-refractivity contribution in [2.45, 2.75) is 32.2 Å². The zero-order chi connectivity index (χ0) is 8.97. The Bertz CT molecular complexity index is 199. The van der Waals surface area contributed by atoms with Gasteiger partial charge in [0.1, 0.15) is 6.04 Å². The third-order valence-electron chi connectivity index (χ3n) is 2.09. The van der Waals surface area contributed by atoms with E-state index in [0.717, 1.165) is 19.4 Å². The molecule has 0 aromatic carbocycles. The van der Waals surface area contributed by atoms with Crippen molar-refractivity contribution in [3.63, 3.8) is 0 Å². The van der Waals surface area contributed by atoms with Gasteiger partial charge in [0, 0.05) is 0 Å². The number of nitrogens with one attached hydrogen (secondary N) is 1. The molecule has 1 aliphatic heterocycles. The lowest BCUT2D eigenvalue weighted by atomic mass is 9.98. The second-order valence-electron chi connectivity index (χ2n) is 3.07. The van der Waals surface area contributed by atoms with Crippen LogP contribution in [0.25, 0.3) is 0 Å². The van der Waals surface area contributed by atoms with Crippen molar-refractivity contribution in [2.75, 3.05) is 6.54 Å². The van der Waals surface area contributed by atoms with Crippen molar-refractivity contribution in [3.8, 4) is 0 Å². The summed E-state index contributed by atoms with van der Waals surface area (Å²) in [5.74, 6) is -0.739. The van der Waals surface area contributed by atoms with Gasteiger partial charge in [-0.1, -0.05) is 18.6 Å². The molecule has 1 heterocycles. The Labute approximate surface area is 72.5 Å². The second-order valence-corrected chi connectivity index (χ2v) is 3.07. The highest BCUT2D eigenvalue weighted by Gasteiger charge is 2.21. The molecule has 3 nitrogen and oxygen atoms in total. The number of rotatable bonds is 2. The average Bonchev–Trinajstić information content (AvgIpc) is 2.05. The van der Waals surface area contributed by atoms with E-state index in [1.54, 1.807) is 0 Å². The predicted molar refractivity (Wildman–Crippen MR) is 47.0 cm³/mol. The zero-order valence-electron chi connectivity index (χ0n) is 7.34. The standard InChI is InChI=1S/C9H15NO2/c1-2-3-7-4-5-10-8(6-7)9(11)12/h3,8,10H,2,4-6H2,1H3,(H,11,12)/b7-3-. The van der Waals surface area contributed by atoms with Crippen LogP contribution in [0.3, 0.4) is 0 Å². The molecule has 0 saturated carbocycles. The van der Waals surface area contributed by atoms with E-state index < -0.39 is 5.97 Å². The Balaban J connectivity index is 2.51. The van der Waals surface area contributed by atoms with Gasteiger partial charge < -0.3 is 10.4 Å². The maximum Gasteiger partial charge on any atom is 0.321 e. The first-order valence-electron chi connectivity index (χ1n) is 4.38. The molecule has 3 heteroatoms. The van der Waals surface area contributed by atoms with Crippen LogP contribution in [-0.2, 0) is 4.79 Å². The van der Waals surface area contributed by atoms with Crippen molar-refractivity contribution in [1.82, 2.24) is 5.32 Å². The van der Waals surface area contributed by atoms with Crippen LogP contribution in [0.15, 0.2) is 11.6 Å². The zero-order valence-corrected chi connectivity index (χ0v) is 7.34. The maximum absolute atomic E-state index is 10.6. The lowest BCUT2D eigenvalue weighted by Crippen LogP contribution is -2.41. The van der Waals surface area contributed by atoms with E-state index in [-0.39, 0.29) is 6.04 Å². The summed E-state index contributed by atoms with van der Waals surface area (Å²) in [4.78, 5) is 10.6. The number of piperidine rings is 1. The van der Waals surface area contributed by atoms with E-state index in [1.165, 1.54) is 5.57 Å². The van der Waals surface area contributed by atoms with E-state index in [1.807, 2.05) is 0 Å². The Morgan fingerprint density at radius 1 is 1.83 bits per heavy atom. The van der Waals surface area contributed by atoms with Crippen molar-refractivity contribution in [3.05, 3.63) is 11.6 Å². The van der Waals surface area contributed by atoms with Crippen molar-refractivity contribution < 1.29 is 9.90 Å². The van der Waals surface area contributed by atoms with Gasteiger partial charge in [-0.25, -0.2) is 0 Å². The number of carboxylic acids is 1. The number of allylic oxidation sites excluding steroid dienone is 1. The quantitative estimate of drug-likeness (QED) is 0.610. The minimum atomic E-state index is -0.739. The van der Waals surface area contributed by atoms with Gasteiger partial charge in [0.2, 0.25) is 0 Å². The number of carbonyl (C=O) groups is 1. The molecule has 1 saturated heterocycles. The van der Waals surface area contributed by atoms with Crippen LogP contribution >= 0.6 is 0 Å². The van der Waals surface area contributed by atoms with Gasteiger partial charge in [-0.3, -0.25) is 4.79 Å². The summed E-state index contributed by atoms with van der Waals surface area (Å²) in [6.07, 6.45) is 4.80. The lowest BCUT2D eigenvalue weighted by Gasteiger charge is -2.22. The monoisotopic (exact) mass is 169 g/mol. The van der Waals surface area contributed by atoms with Crippen molar-refractivity contribution >= 4 is 5.97 Å². The summed E-state index contributed by atoms with van der Waals surface area (Å²) >= 11 is 0. The molecule has 1 fully saturated rings. The van der Waals surface area contributed by atoms with E-state index in [2.05, 4.69) is 18.3 Å². The fourth-order valence-corrected chi connectivity index (χ4v) is 1.49. The first-order valence-corrected chi connectivity index (χ1v) is 4.38. The van der Waals surface area contributed by atoms with Gasteiger partial charge in [0.25, 0.3) is 0 Å². The fraction of sp³-hybridized carbons (Fsp3) is 0.667. The number of hydrogen-bond acceptors (Lipinski definition) is 2. The van der Waals surface area contributed by atoms with Crippen LogP contribution in [-0.4, -0.2) is 23.7 Å². The molecule has 0 spiro atoms. The minimum Gasteiger partial charge on any atom is -0.480 e. The minimum absolute atomic E-state index is 0.364. The molecule has 1 unspecified atom stereocenters. The van der Waals surface area contributed by atoms with Crippen LogP contribution in [0.1, 0.15) is 26.2 Å². The van der Waals surface area contributed by atoms with Crippen molar-refractivity contribution in [2.24, 2.45) is 0 Å². The summed E-state index contributed by atoms with van der Waals surface area (Å²) < 4.78 is 0. The highest BCUT2D eigenvalue weighted by atomic mass is 16.4. The molecular weight excluding hydrogens is 154 g/mol. The van der Waals surface area contributed by atoms with Crippen molar-refractivity contribution in [1.29, 1.82) is 0 Å². The van der Waals surface area contributed by atoms with E-state index in [0.29, 0.717) is 6.42 Å². The Morgan fingerprint density at radius 2 is 2.58 bits per heavy atom. The van der Waals surface area contributed by atoms with E-state index >= 15 is 0 Å². The molecule has 0 aromatic heterocycles. The summed E-state index contributed by atoms with van der Waals surface area (Å²) in [5.41, 5.74) is 1.28. The van der Waals surface area contributed by atoms with Gasteiger partial charge >= 0.3 is 5.97 Å². The molecule has 1 aliphatic rings. The fourth-order valence-electron chi connectivity index (χ4n) is 1.49. The highest BCUT2D eigenvalue weighted by molar-refractivity contribution is 5.74. The van der Waals surface area contributed by atoms with E-state index in [4.69, 9.17) is 5.11 Å². The molecule has 1 atom stereocenters. The molecule has 0 aliphatic carbocycles. The molecule has 2 N–H and O–H groups in total. The highest BCUT2D eigenvalue weighted by Crippen LogP contribution is 2.15. The van der Waals surface area contributed by atoms with Gasteiger partial charge in [-0.2, -0.15) is 0 Å². The molecular formula is C9H15NO2. The third kappa shape index (κ3) is 2.34. The summed E-state index contributed by atoms with van der Waals surface area (Å²) in [6, 6.07) is -0.364. The first-order chi connectivity index (χ1) is 5.74. The lowest BCUT2D eigenvalue weighted by molar-refractivity contribution is -0.139. The third-order valence-corrected chi connectivity index (χ3v) is 2.09. The first kappa shape index (κ1) is 9.26. The summed E-state index contributed by atoms with van der Waals surface area (Å²) in [7, 11) is 0. The molecule has 0 bridgehead atoms. The topological polar surface area (TPSA) is 49.3 Å². The average molecular weight is 169 g/mol. The molecule has 12 heavy (non-hydrogen) atoms. The molecule has 0 aromatic rings. The largest absolute Gasteiger partial charge is 0.480 e. The predicted octanol–water partition coefficient (Wildman–Crippen LogP) is 1.16. The van der Waals surface area contributed by atoms with Crippen LogP contribution in [0.4, 0.5) is 0 Å². The molecule has 0 radical (unpaired) electrons. The van der Waals surface area contributed by atoms with Crippen LogP contribution in [0.2, 0.25) is 0 Å². The van der Waals surface area contributed by atoms with Gasteiger partial charge in [-0.15, -0.1) is 0 Å². The smallest absolute Gasteiger partial charge is 0.321 e. The van der Waals surface area contributed by atoms with E-state index in [9.17, 15) is 4.79 Å². The SMILES string of the molecule is CC/C=C1/CCNC(C(=O)O)C1. The van der Waals surface area contributed by atoms with Crippen LogP contribution in [0.5, 0.6) is 0 Å². The summed E-state index contributed by atoms with van der Waals surface area (Å²) in [5, 5.41) is 11.7. The molecule has 0 amide bonds. The van der Waals surface area contributed by atoms with Gasteiger partial charge in [0.05, 0.1) is 0 Å². The Kier molecular flexibility index (Phi) is 3.29.